The quantitative estimate of drug-likeness (QED) is 0.641. The van der Waals surface area contributed by atoms with Crippen LogP contribution in [0.25, 0.3) is 5.52 Å². The highest BCUT2D eigenvalue weighted by molar-refractivity contribution is 7.09. The van der Waals surface area contributed by atoms with Crippen molar-refractivity contribution in [3.8, 4) is 11.8 Å². The molecule has 0 aromatic carbocycles. The molecule has 0 atom stereocenters. The fourth-order valence-electron chi connectivity index (χ4n) is 2.56. The molecule has 130 valence electrons. The molecule has 0 saturated carbocycles. The fraction of sp³-hybridized carbons (Fsp3) is 0.294. The number of hydrogen-bond acceptors (Lipinski definition) is 4. The lowest BCUT2D eigenvalue weighted by Gasteiger charge is -2.07. The van der Waals surface area contributed by atoms with Crippen molar-refractivity contribution in [1.29, 1.82) is 0 Å². The maximum absolute atomic E-state index is 15.0. The molecule has 8 heteroatoms. The first kappa shape index (κ1) is 17.6. The van der Waals surface area contributed by atoms with Gasteiger partial charge in [-0.2, -0.15) is 4.98 Å². The van der Waals surface area contributed by atoms with Gasteiger partial charge in [0.15, 0.2) is 11.6 Å². The van der Waals surface area contributed by atoms with Gasteiger partial charge < -0.3 is 5.32 Å². The zero-order valence-electron chi connectivity index (χ0n) is 13.4. The van der Waals surface area contributed by atoms with Crippen molar-refractivity contribution in [2.24, 2.45) is 0 Å². The van der Waals surface area contributed by atoms with Crippen LogP contribution in [-0.2, 0) is 13.0 Å². The molecule has 25 heavy (non-hydrogen) atoms. The number of thiophene rings is 1. The maximum atomic E-state index is 15.0. The Hall–Kier alpha value is -2.17. The molecular formula is C17H15ClF2N4S. The van der Waals surface area contributed by atoms with Crippen LogP contribution < -0.4 is 5.32 Å². The molecule has 3 rings (SSSR count). The van der Waals surface area contributed by atoms with Crippen LogP contribution in [0.5, 0.6) is 0 Å². The van der Waals surface area contributed by atoms with Gasteiger partial charge in [0.1, 0.15) is 11.2 Å². The molecule has 0 aliphatic heterocycles. The first-order valence-corrected chi connectivity index (χ1v) is 8.93. The third-order valence-electron chi connectivity index (χ3n) is 3.61. The van der Waals surface area contributed by atoms with Crippen molar-refractivity contribution in [2.45, 2.75) is 26.3 Å². The van der Waals surface area contributed by atoms with Crippen LogP contribution in [0.3, 0.4) is 0 Å². The molecular weight excluding hydrogens is 366 g/mol. The van der Waals surface area contributed by atoms with E-state index >= 15 is 4.39 Å². The van der Waals surface area contributed by atoms with Gasteiger partial charge in [-0.1, -0.05) is 12.0 Å². The summed E-state index contributed by atoms with van der Waals surface area (Å²) in [5.74, 6) is 5.39. The predicted octanol–water partition coefficient (Wildman–Crippen LogP) is 4.47. The van der Waals surface area contributed by atoms with Crippen LogP contribution in [0.15, 0.2) is 17.5 Å². The van der Waals surface area contributed by atoms with E-state index < -0.39 is 12.5 Å². The largest absolute Gasteiger partial charge is 0.363 e. The third-order valence-corrected chi connectivity index (χ3v) is 4.64. The molecule has 0 spiro atoms. The molecule has 3 heterocycles. The van der Waals surface area contributed by atoms with E-state index in [4.69, 9.17) is 11.6 Å². The number of anilines is 1. The molecule has 0 amide bonds. The van der Waals surface area contributed by atoms with Crippen LogP contribution in [0, 0.1) is 17.7 Å². The van der Waals surface area contributed by atoms with Gasteiger partial charge in [0.05, 0.1) is 13.2 Å². The Bertz CT molecular complexity index is 941. The minimum absolute atomic E-state index is 0.0209. The molecule has 4 nitrogen and oxygen atoms in total. The molecule has 0 unspecified atom stereocenters. The third kappa shape index (κ3) is 3.60. The minimum Gasteiger partial charge on any atom is -0.363 e. The zero-order valence-corrected chi connectivity index (χ0v) is 15.0. The van der Waals surface area contributed by atoms with E-state index in [2.05, 4.69) is 27.2 Å². The number of fused-ring (bicyclic) bond motifs is 1. The summed E-state index contributed by atoms with van der Waals surface area (Å²) in [7, 11) is 0. The first-order valence-electron chi connectivity index (χ1n) is 7.67. The molecule has 3 aromatic rings. The van der Waals surface area contributed by atoms with Crippen molar-refractivity contribution in [2.75, 3.05) is 12.0 Å². The normalized spacial score (nSPS) is 10.7. The van der Waals surface area contributed by atoms with Crippen LogP contribution in [0.2, 0.25) is 5.28 Å². The Kier molecular flexibility index (Phi) is 5.51. The molecule has 0 saturated heterocycles. The lowest BCUT2D eigenvalue weighted by atomic mass is 10.1. The average Bonchev–Trinajstić information content (AvgIpc) is 3.19. The highest BCUT2D eigenvalue weighted by atomic mass is 35.5. The van der Waals surface area contributed by atoms with Crippen molar-refractivity contribution in [1.82, 2.24) is 14.6 Å². The Morgan fingerprint density at radius 2 is 2.28 bits per heavy atom. The number of nitrogens with one attached hydrogen (secondary N) is 1. The van der Waals surface area contributed by atoms with E-state index in [1.807, 2.05) is 17.5 Å². The zero-order chi connectivity index (χ0) is 17.8. The summed E-state index contributed by atoms with van der Waals surface area (Å²) >= 11 is 7.59. The van der Waals surface area contributed by atoms with Crippen molar-refractivity contribution >= 4 is 34.3 Å². The fourth-order valence-corrected chi connectivity index (χ4v) is 3.36. The van der Waals surface area contributed by atoms with E-state index in [-0.39, 0.29) is 29.5 Å². The standard InChI is InChI=1S/C17H15ClF2N4S/c1-2-5-13-12(7-3-8-19)14(20)15-16(22-17(18)23-24(13)15)21-10-11-6-4-9-25-11/h4,6,9H,3,7-8,10H2,1H3,(H,21,22,23). The molecule has 0 aliphatic rings. The SMILES string of the molecule is CC#Cc1c(CCCF)c(F)c2c(NCc3cccs3)nc(Cl)nn12. The maximum Gasteiger partial charge on any atom is 0.243 e. The van der Waals surface area contributed by atoms with Crippen LogP contribution in [0.1, 0.15) is 29.5 Å². The molecule has 3 aromatic heterocycles. The number of alkyl halides is 1. The van der Waals surface area contributed by atoms with Crippen molar-refractivity contribution < 1.29 is 8.78 Å². The van der Waals surface area contributed by atoms with Crippen molar-refractivity contribution in [3.63, 3.8) is 0 Å². The van der Waals surface area contributed by atoms with Crippen LogP contribution >= 0.6 is 22.9 Å². The van der Waals surface area contributed by atoms with E-state index in [0.29, 0.717) is 17.8 Å². The number of aromatic nitrogens is 3. The monoisotopic (exact) mass is 380 g/mol. The molecule has 0 fully saturated rings. The second-order valence-corrected chi connectivity index (χ2v) is 6.60. The topological polar surface area (TPSA) is 42.2 Å². The Morgan fingerprint density at radius 3 is 2.96 bits per heavy atom. The van der Waals surface area contributed by atoms with Gasteiger partial charge in [0, 0.05) is 10.4 Å². The smallest absolute Gasteiger partial charge is 0.243 e. The first-order chi connectivity index (χ1) is 12.2. The summed E-state index contributed by atoms with van der Waals surface area (Å²) in [6, 6.07) is 3.90. The number of rotatable bonds is 6. The summed E-state index contributed by atoms with van der Waals surface area (Å²) < 4.78 is 29.0. The highest BCUT2D eigenvalue weighted by Crippen LogP contribution is 2.28. The van der Waals surface area contributed by atoms with E-state index in [9.17, 15) is 4.39 Å². The Morgan fingerprint density at radius 1 is 1.44 bits per heavy atom. The summed E-state index contributed by atoms with van der Waals surface area (Å²) in [5.41, 5.74) is 0.891. The second-order valence-electron chi connectivity index (χ2n) is 5.23. The van der Waals surface area contributed by atoms with E-state index in [1.165, 1.54) is 4.52 Å². The highest BCUT2D eigenvalue weighted by Gasteiger charge is 2.22. The van der Waals surface area contributed by atoms with Gasteiger partial charge in [0.25, 0.3) is 0 Å². The number of hydrogen-bond donors (Lipinski definition) is 1. The predicted molar refractivity (Wildman–Crippen MR) is 96.4 cm³/mol. The second kappa shape index (κ2) is 7.81. The van der Waals surface area contributed by atoms with E-state index in [1.54, 1.807) is 18.3 Å². The lowest BCUT2D eigenvalue weighted by molar-refractivity contribution is 0.469. The molecule has 0 radical (unpaired) electrons. The summed E-state index contributed by atoms with van der Waals surface area (Å²) in [5, 5.41) is 9.13. The van der Waals surface area contributed by atoms with E-state index in [0.717, 1.165) is 4.88 Å². The number of nitrogens with zero attached hydrogens (tertiary/aromatic N) is 3. The summed E-state index contributed by atoms with van der Waals surface area (Å²) in [4.78, 5) is 5.20. The van der Waals surface area contributed by atoms with Crippen molar-refractivity contribution in [3.05, 3.63) is 44.7 Å². The molecule has 0 bridgehead atoms. The Labute approximate surface area is 152 Å². The minimum atomic E-state index is -0.527. The molecule has 0 aliphatic carbocycles. The van der Waals surface area contributed by atoms with Gasteiger partial charge in [-0.25, -0.2) is 8.91 Å². The molecule has 1 N–H and O–H groups in total. The van der Waals surface area contributed by atoms with Crippen LogP contribution in [0.4, 0.5) is 14.6 Å². The van der Waals surface area contributed by atoms with Gasteiger partial charge in [-0.15, -0.1) is 16.4 Å². The summed E-state index contributed by atoms with van der Waals surface area (Å²) in [6.45, 7) is 1.61. The lowest BCUT2D eigenvalue weighted by Crippen LogP contribution is -2.06. The number of halogens is 3. The average molecular weight is 381 g/mol. The van der Waals surface area contributed by atoms with Crippen LogP contribution in [-0.4, -0.2) is 21.3 Å². The van der Waals surface area contributed by atoms with Gasteiger partial charge in [-0.3, -0.25) is 4.39 Å². The summed E-state index contributed by atoms with van der Waals surface area (Å²) in [6.07, 6.45) is 0.447. The van der Waals surface area contributed by atoms with Gasteiger partial charge in [-0.05, 0) is 48.7 Å². The van der Waals surface area contributed by atoms with Gasteiger partial charge >= 0.3 is 0 Å². The Balaban J connectivity index is 2.11. The van der Waals surface area contributed by atoms with Gasteiger partial charge in [0.2, 0.25) is 5.28 Å².